The molecule has 0 saturated heterocycles. The van der Waals surface area contributed by atoms with E-state index in [2.05, 4.69) is 58.9 Å². The Morgan fingerprint density at radius 3 is 2.50 bits per heavy atom. The third kappa shape index (κ3) is 2.45. The highest BCUT2D eigenvalue weighted by Gasteiger charge is 2.18. The van der Waals surface area contributed by atoms with Gasteiger partial charge in [0.25, 0.3) is 0 Å². The minimum atomic E-state index is 0.830. The quantitative estimate of drug-likeness (QED) is 0.673. The molecule has 0 aliphatic carbocycles. The molecule has 0 radical (unpaired) electrons. The van der Waals surface area contributed by atoms with Gasteiger partial charge in [-0.15, -0.1) is 0 Å². The summed E-state index contributed by atoms with van der Waals surface area (Å²) in [5.74, 6) is 0. The van der Waals surface area contributed by atoms with Crippen LogP contribution in [0.25, 0.3) is 0 Å². The number of nitrogens with zero attached hydrogens (tertiary/aromatic N) is 1. The highest BCUT2D eigenvalue weighted by atomic mass is 14.8. The fourth-order valence-electron chi connectivity index (χ4n) is 2.37. The molecule has 2 rings (SSSR count). The summed E-state index contributed by atoms with van der Waals surface area (Å²) < 4.78 is 0. The van der Waals surface area contributed by atoms with Crippen LogP contribution in [0, 0.1) is 13.8 Å². The second-order valence-electron chi connectivity index (χ2n) is 5.37. The van der Waals surface area contributed by atoms with Crippen LogP contribution in [0.4, 0.5) is 0 Å². The Morgan fingerprint density at radius 1 is 1.11 bits per heavy atom. The lowest BCUT2D eigenvalue weighted by Gasteiger charge is -2.08. The zero-order chi connectivity index (χ0) is 13.3. The molecule has 0 fully saturated rings. The van der Waals surface area contributed by atoms with Crippen LogP contribution in [-0.2, 0) is 6.54 Å². The van der Waals surface area contributed by atoms with Gasteiger partial charge in [-0.2, -0.15) is 0 Å². The lowest BCUT2D eigenvalue weighted by Crippen LogP contribution is -2.01. The average molecular weight is 239 g/mol. The number of aliphatic imine (C=N–C) groups is 1. The number of benzene rings is 1. The molecular formula is C17H21N. The second-order valence-corrected chi connectivity index (χ2v) is 5.37. The van der Waals surface area contributed by atoms with Crippen molar-refractivity contribution in [1.29, 1.82) is 0 Å². The first-order chi connectivity index (χ1) is 8.49. The van der Waals surface area contributed by atoms with E-state index in [4.69, 9.17) is 4.99 Å². The molecular weight excluding hydrogens is 218 g/mol. The van der Waals surface area contributed by atoms with Crippen molar-refractivity contribution in [3.05, 3.63) is 57.7 Å². The van der Waals surface area contributed by atoms with Crippen molar-refractivity contribution in [2.45, 2.75) is 41.2 Å². The summed E-state index contributed by atoms with van der Waals surface area (Å²) in [7, 11) is 0. The molecule has 1 nitrogen and oxygen atoms in total. The molecule has 0 N–H and O–H groups in total. The third-order valence-electron chi connectivity index (χ3n) is 3.31. The standard InChI is InChI=1S/C17H21N/c1-11(2)6-7-13(4)17-15-9-12(3)8-14(5)16(15)10-18-17/h6-9H,10H2,1-5H3/b13-7+. The maximum Gasteiger partial charge on any atom is 0.0683 e. The van der Waals surface area contributed by atoms with Gasteiger partial charge in [-0.05, 0) is 57.4 Å². The van der Waals surface area contributed by atoms with E-state index in [1.165, 1.54) is 33.4 Å². The SMILES string of the molecule is CC(C)=C/C=C(\C)C1=NCc2c(C)cc(C)cc21. The van der Waals surface area contributed by atoms with Crippen molar-refractivity contribution in [2.24, 2.45) is 4.99 Å². The molecule has 0 aromatic heterocycles. The molecule has 1 aromatic rings. The molecule has 0 unspecified atom stereocenters. The molecule has 18 heavy (non-hydrogen) atoms. The van der Waals surface area contributed by atoms with Gasteiger partial charge in [0, 0.05) is 5.56 Å². The molecule has 0 saturated carbocycles. The van der Waals surface area contributed by atoms with Crippen molar-refractivity contribution in [3.63, 3.8) is 0 Å². The van der Waals surface area contributed by atoms with E-state index >= 15 is 0 Å². The van der Waals surface area contributed by atoms with Gasteiger partial charge in [0.2, 0.25) is 0 Å². The summed E-state index contributed by atoms with van der Waals surface area (Å²) in [6, 6.07) is 4.50. The number of hydrogen-bond donors (Lipinski definition) is 0. The van der Waals surface area contributed by atoms with Crippen LogP contribution in [0.3, 0.4) is 0 Å². The zero-order valence-corrected chi connectivity index (χ0v) is 12.0. The van der Waals surface area contributed by atoms with E-state index in [9.17, 15) is 0 Å². The number of aryl methyl sites for hydroxylation is 2. The molecule has 1 aliphatic heterocycles. The summed E-state index contributed by atoms with van der Waals surface area (Å²) in [6.45, 7) is 11.5. The predicted octanol–water partition coefficient (Wildman–Crippen LogP) is 4.52. The van der Waals surface area contributed by atoms with E-state index in [1.807, 2.05) is 0 Å². The molecule has 1 heterocycles. The largest absolute Gasteiger partial charge is 0.280 e. The third-order valence-corrected chi connectivity index (χ3v) is 3.31. The highest BCUT2D eigenvalue weighted by Crippen LogP contribution is 2.27. The number of fused-ring (bicyclic) bond motifs is 1. The Hall–Kier alpha value is -1.63. The first-order valence-electron chi connectivity index (χ1n) is 6.46. The van der Waals surface area contributed by atoms with Crippen LogP contribution in [0.1, 0.15) is 43.0 Å². The smallest absolute Gasteiger partial charge is 0.0683 e. The van der Waals surface area contributed by atoms with Crippen LogP contribution >= 0.6 is 0 Å². The molecule has 1 heteroatoms. The van der Waals surface area contributed by atoms with Crippen LogP contribution in [-0.4, -0.2) is 5.71 Å². The van der Waals surface area contributed by atoms with Gasteiger partial charge in [-0.1, -0.05) is 29.4 Å². The second kappa shape index (κ2) is 4.93. The normalized spacial score (nSPS) is 14.3. The molecule has 1 aliphatic rings. The molecule has 0 atom stereocenters. The Bertz CT molecular complexity index is 568. The van der Waals surface area contributed by atoms with Crippen LogP contribution in [0.5, 0.6) is 0 Å². The average Bonchev–Trinajstić information content (AvgIpc) is 2.69. The Labute approximate surface area is 110 Å². The van der Waals surface area contributed by atoms with Gasteiger partial charge in [0.05, 0.1) is 12.3 Å². The maximum absolute atomic E-state index is 4.70. The maximum atomic E-state index is 4.70. The van der Waals surface area contributed by atoms with Gasteiger partial charge in [-0.3, -0.25) is 4.99 Å². The predicted molar refractivity (Wildman–Crippen MR) is 79.3 cm³/mol. The zero-order valence-electron chi connectivity index (χ0n) is 12.0. The summed E-state index contributed by atoms with van der Waals surface area (Å²) >= 11 is 0. The van der Waals surface area contributed by atoms with Gasteiger partial charge in [0.1, 0.15) is 0 Å². The molecule has 0 bridgehead atoms. The minimum Gasteiger partial charge on any atom is -0.280 e. The van der Waals surface area contributed by atoms with Gasteiger partial charge in [0.15, 0.2) is 0 Å². The molecule has 94 valence electrons. The first kappa shape index (κ1) is 12.8. The Morgan fingerprint density at radius 2 is 1.83 bits per heavy atom. The highest BCUT2D eigenvalue weighted by molar-refractivity contribution is 6.15. The monoisotopic (exact) mass is 239 g/mol. The van der Waals surface area contributed by atoms with Gasteiger partial charge in [-0.25, -0.2) is 0 Å². The fourth-order valence-corrected chi connectivity index (χ4v) is 2.37. The van der Waals surface area contributed by atoms with E-state index < -0.39 is 0 Å². The van der Waals surface area contributed by atoms with E-state index in [1.54, 1.807) is 0 Å². The topological polar surface area (TPSA) is 12.4 Å². The van der Waals surface area contributed by atoms with E-state index in [0.717, 1.165) is 12.3 Å². The van der Waals surface area contributed by atoms with Crippen molar-refractivity contribution in [2.75, 3.05) is 0 Å². The molecule has 1 aromatic carbocycles. The fraction of sp³-hybridized carbons (Fsp3) is 0.353. The summed E-state index contributed by atoms with van der Waals surface area (Å²) in [5.41, 5.74) is 9.11. The van der Waals surface area contributed by atoms with Crippen molar-refractivity contribution < 1.29 is 0 Å². The van der Waals surface area contributed by atoms with Crippen molar-refractivity contribution in [1.82, 2.24) is 0 Å². The van der Waals surface area contributed by atoms with Crippen LogP contribution in [0.15, 0.2) is 40.4 Å². The summed E-state index contributed by atoms with van der Waals surface area (Å²) in [4.78, 5) is 4.70. The lowest BCUT2D eigenvalue weighted by molar-refractivity contribution is 1.08. The summed E-state index contributed by atoms with van der Waals surface area (Å²) in [5, 5.41) is 0. The van der Waals surface area contributed by atoms with Gasteiger partial charge < -0.3 is 0 Å². The van der Waals surface area contributed by atoms with Crippen LogP contribution < -0.4 is 0 Å². The minimum absolute atomic E-state index is 0.830. The lowest BCUT2D eigenvalue weighted by atomic mass is 9.95. The Kier molecular flexibility index (Phi) is 3.51. The first-order valence-corrected chi connectivity index (χ1v) is 6.46. The molecule has 0 spiro atoms. The van der Waals surface area contributed by atoms with E-state index in [0.29, 0.717) is 0 Å². The van der Waals surface area contributed by atoms with Crippen LogP contribution in [0.2, 0.25) is 0 Å². The Balaban J connectivity index is 2.43. The number of rotatable bonds is 2. The van der Waals surface area contributed by atoms with Crippen molar-refractivity contribution in [3.8, 4) is 0 Å². The van der Waals surface area contributed by atoms with E-state index in [-0.39, 0.29) is 0 Å². The number of hydrogen-bond acceptors (Lipinski definition) is 1. The van der Waals surface area contributed by atoms with Crippen molar-refractivity contribution >= 4 is 5.71 Å². The van der Waals surface area contributed by atoms with Gasteiger partial charge >= 0.3 is 0 Å². The summed E-state index contributed by atoms with van der Waals surface area (Å²) in [6.07, 6.45) is 4.32. The number of allylic oxidation sites excluding steroid dienone is 4. The molecule has 0 amide bonds.